The Kier molecular flexibility index (Phi) is 6.27. The Bertz CT molecular complexity index is 588. The highest BCUT2D eigenvalue weighted by atomic mass is 32.2. The first kappa shape index (κ1) is 18.0. The molecule has 0 spiro atoms. The molecule has 2 N–H and O–H groups in total. The van der Waals surface area contributed by atoms with Crippen LogP contribution in [0.2, 0.25) is 0 Å². The van der Waals surface area contributed by atoms with E-state index in [9.17, 15) is 12.8 Å². The molecule has 1 aromatic carbocycles. The van der Waals surface area contributed by atoms with Crippen molar-refractivity contribution in [3.63, 3.8) is 0 Å². The standard InChI is InChI=1S/C14H24FN3O2S/c1-10-6-13(7-12(8-16-3)14(10)15)21(19,20)17-11(2)9-18(4)5/h6-7,11,16-17H,8-9H2,1-5H3. The van der Waals surface area contributed by atoms with E-state index in [4.69, 9.17) is 0 Å². The average Bonchev–Trinajstić information content (AvgIpc) is 2.32. The minimum Gasteiger partial charge on any atom is -0.316 e. The van der Waals surface area contributed by atoms with E-state index in [-0.39, 0.29) is 23.3 Å². The summed E-state index contributed by atoms with van der Waals surface area (Å²) in [5, 5.41) is 2.84. The Morgan fingerprint density at radius 3 is 2.48 bits per heavy atom. The van der Waals surface area contributed by atoms with Gasteiger partial charge in [-0.15, -0.1) is 0 Å². The number of rotatable bonds is 7. The van der Waals surface area contributed by atoms with Crippen molar-refractivity contribution in [3.05, 3.63) is 29.1 Å². The summed E-state index contributed by atoms with van der Waals surface area (Å²) in [5.41, 5.74) is 0.668. The second-order valence-electron chi connectivity index (χ2n) is 5.53. The van der Waals surface area contributed by atoms with Crippen LogP contribution in [0.15, 0.2) is 17.0 Å². The van der Waals surface area contributed by atoms with Crippen molar-refractivity contribution in [2.45, 2.75) is 31.3 Å². The molecule has 0 aliphatic carbocycles. The molecule has 0 fully saturated rings. The van der Waals surface area contributed by atoms with E-state index in [1.807, 2.05) is 19.0 Å². The molecule has 0 bridgehead atoms. The van der Waals surface area contributed by atoms with E-state index in [1.165, 1.54) is 12.1 Å². The van der Waals surface area contributed by atoms with Gasteiger partial charge in [-0.05, 0) is 52.7 Å². The molecule has 21 heavy (non-hydrogen) atoms. The van der Waals surface area contributed by atoms with Crippen LogP contribution >= 0.6 is 0 Å². The largest absolute Gasteiger partial charge is 0.316 e. The molecule has 1 rings (SSSR count). The molecule has 0 radical (unpaired) electrons. The molecule has 120 valence electrons. The lowest BCUT2D eigenvalue weighted by atomic mass is 10.1. The number of halogens is 1. The van der Waals surface area contributed by atoms with Crippen LogP contribution in [0.25, 0.3) is 0 Å². The van der Waals surface area contributed by atoms with Crippen molar-refractivity contribution in [2.24, 2.45) is 0 Å². The van der Waals surface area contributed by atoms with Gasteiger partial charge in [0.1, 0.15) is 5.82 Å². The molecule has 1 unspecified atom stereocenters. The van der Waals surface area contributed by atoms with Gasteiger partial charge in [-0.3, -0.25) is 0 Å². The lowest BCUT2D eigenvalue weighted by Gasteiger charge is -2.19. The average molecular weight is 317 g/mol. The van der Waals surface area contributed by atoms with E-state index in [2.05, 4.69) is 10.0 Å². The molecule has 0 aliphatic rings. The van der Waals surface area contributed by atoms with Crippen LogP contribution in [0.5, 0.6) is 0 Å². The van der Waals surface area contributed by atoms with Crippen molar-refractivity contribution in [3.8, 4) is 0 Å². The number of likely N-dealkylation sites (N-methyl/N-ethyl adjacent to an activating group) is 1. The summed E-state index contributed by atoms with van der Waals surface area (Å²) in [6, 6.07) is 2.51. The maximum Gasteiger partial charge on any atom is 0.240 e. The molecule has 1 atom stereocenters. The summed E-state index contributed by atoms with van der Waals surface area (Å²) >= 11 is 0. The van der Waals surface area contributed by atoms with Gasteiger partial charge in [0, 0.05) is 24.7 Å². The molecule has 0 saturated heterocycles. The Labute approximate surface area is 126 Å². The molecular weight excluding hydrogens is 293 g/mol. The van der Waals surface area contributed by atoms with Crippen LogP contribution in [0.3, 0.4) is 0 Å². The number of hydrogen-bond acceptors (Lipinski definition) is 4. The Hall–Kier alpha value is -1.02. The highest BCUT2D eigenvalue weighted by Crippen LogP contribution is 2.19. The molecule has 1 aromatic rings. The highest BCUT2D eigenvalue weighted by Gasteiger charge is 2.20. The summed E-state index contributed by atoms with van der Waals surface area (Å²) in [6.45, 7) is 4.23. The number of sulfonamides is 1. The number of nitrogens with zero attached hydrogens (tertiary/aromatic N) is 1. The predicted molar refractivity (Wildman–Crippen MR) is 82.2 cm³/mol. The van der Waals surface area contributed by atoms with Gasteiger partial charge in [-0.1, -0.05) is 0 Å². The summed E-state index contributed by atoms with van der Waals surface area (Å²) in [6.07, 6.45) is 0. The monoisotopic (exact) mass is 317 g/mol. The molecule has 0 amide bonds. The topological polar surface area (TPSA) is 61.4 Å². The van der Waals surface area contributed by atoms with Gasteiger partial charge in [-0.25, -0.2) is 17.5 Å². The van der Waals surface area contributed by atoms with Crippen molar-refractivity contribution < 1.29 is 12.8 Å². The SMILES string of the molecule is CNCc1cc(S(=O)(=O)NC(C)CN(C)C)cc(C)c1F. The maximum absolute atomic E-state index is 13.9. The maximum atomic E-state index is 13.9. The van der Waals surface area contributed by atoms with Gasteiger partial charge in [0.05, 0.1) is 4.90 Å². The zero-order chi connectivity index (χ0) is 16.2. The van der Waals surface area contributed by atoms with Gasteiger partial charge >= 0.3 is 0 Å². The molecule has 0 heterocycles. The summed E-state index contributed by atoms with van der Waals surface area (Å²) in [5.74, 6) is -0.371. The predicted octanol–water partition coefficient (Wildman–Crippen LogP) is 1.08. The van der Waals surface area contributed by atoms with E-state index in [0.29, 0.717) is 17.7 Å². The van der Waals surface area contributed by atoms with Crippen molar-refractivity contribution in [1.29, 1.82) is 0 Å². The first-order valence-electron chi connectivity index (χ1n) is 6.78. The van der Waals surface area contributed by atoms with E-state index < -0.39 is 10.0 Å². The fourth-order valence-electron chi connectivity index (χ4n) is 2.20. The summed E-state index contributed by atoms with van der Waals surface area (Å²) in [4.78, 5) is 1.99. The Balaban J connectivity index is 3.08. The van der Waals surface area contributed by atoms with Gasteiger partial charge in [0.25, 0.3) is 0 Å². The van der Waals surface area contributed by atoms with Gasteiger partial charge in [0.15, 0.2) is 0 Å². The Morgan fingerprint density at radius 2 is 1.95 bits per heavy atom. The Morgan fingerprint density at radius 1 is 1.33 bits per heavy atom. The zero-order valence-corrected chi connectivity index (χ0v) is 14.0. The minimum absolute atomic E-state index is 0.0947. The normalized spacial score (nSPS) is 13.7. The number of nitrogens with one attached hydrogen (secondary N) is 2. The quantitative estimate of drug-likeness (QED) is 0.790. The van der Waals surface area contributed by atoms with Gasteiger partial charge < -0.3 is 10.2 Å². The summed E-state index contributed by atoms with van der Waals surface area (Å²) < 4.78 is 41.3. The lowest BCUT2D eigenvalue weighted by Crippen LogP contribution is -2.39. The van der Waals surface area contributed by atoms with Crippen LogP contribution in [0.4, 0.5) is 4.39 Å². The second kappa shape index (κ2) is 7.31. The van der Waals surface area contributed by atoms with Crippen LogP contribution in [0.1, 0.15) is 18.1 Å². The third-order valence-corrected chi connectivity index (χ3v) is 4.55. The molecule has 7 heteroatoms. The molecule has 5 nitrogen and oxygen atoms in total. The van der Waals surface area contributed by atoms with Crippen LogP contribution < -0.4 is 10.0 Å². The highest BCUT2D eigenvalue weighted by molar-refractivity contribution is 7.89. The van der Waals surface area contributed by atoms with Crippen molar-refractivity contribution >= 4 is 10.0 Å². The van der Waals surface area contributed by atoms with E-state index in [1.54, 1.807) is 20.9 Å². The smallest absolute Gasteiger partial charge is 0.240 e. The third kappa shape index (κ3) is 5.03. The summed E-state index contributed by atoms with van der Waals surface area (Å²) in [7, 11) is 1.78. The fraction of sp³-hybridized carbons (Fsp3) is 0.571. The first-order chi connectivity index (χ1) is 9.67. The van der Waals surface area contributed by atoms with Crippen LogP contribution in [-0.2, 0) is 16.6 Å². The van der Waals surface area contributed by atoms with E-state index >= 15 is 0 Å². The van der Waals surface area contributed by atoms with E-state index in [0.717, 1.165) is 0 Å². The molecule has 0 aliphatic heterocycles. The fourth-order valence-corrected chi connectivity index (χ4v) is 3.57. The first-order valence-corrected chi connectivity index (χ1v) is 8.26. The molecule has 0 saturated carbocycles. The van der Waals surface area contributed by atoms with Crippen LogP contribution in [0, 0.1) is 12.7 Å². The number of hydrogen-bond donors (Lipinski definition) is 2. The van der Waals surface area contributed by atoms with Gasteiger partial charge in [-0.2, -0.15) is 0 Å². The lowest BCUT2D eigenvalue weighted by molar-refractivity contribution is 0.370. The van der Waals surface area contributed by atoms with Gasteiger partial charge in [0.2, 0.25) is 10.0 Å². The van der Waals surface area contributed by atoms with Crippen LogP contribution in [-0.4, -0.2) is 47.0 Å². The zero-order valence-electron chi connectivity index (χ0n) is 13.2. The molecular formula is C14H24FN3O2S. The van der Waals surface area contributed by atoms with Crippen molar-refractivity contribution in [2.75, 3.05) is 27.7 Å². The minimum atomic E-state index is -3.66. The number of aryl methyl sites for hydroxylation is 1. The third-order valence-electron chi connectivity index (χ3n) is 2.98. The van der Waals surface area contributed by atoms with Crippen molar-refractivity contribution in [1.82, 2.24) is 14.9 Å². The molecule has 0 aromatic heterocycles. The number of benzene rings is 1. The second-order valence-corrected chi connectivity index (χ2v) is 7.24.